The van der Waals surface area contributed by atoms with Crippen molar-refractivity contribution >= 4 is 17.4 Å². The Balaban J connectivity index is 2.89. The Labute approximate surface area is 80.4 Å². The third-order valence-electron chi connectivity index (χ3n) is 1.14. The number of aromatic nitrogens is 2. The standard InChI is InChI=1S/C8H5ClN4/c9-7-8(11)12-5-6(13-7)3-1-2-4-10/h5H,2H2,(H2,11,12). The summed E-state index contributed by atoms with van der Waals surface area (Å²) in [5, 5.41) is 8.34. The summed E-state index contributed by atoms with van der Waals surface area (Å²) in [5.74, 6) is 5.39. The van der Waals surface area contributed by atoms with Gasteiger partial charge >= 0.3 is 0 Å². The van der Waals surface area contributed by atoms with E-state index in [4.69, 9.17) is 22.6 Å². The number of hydrogen-bond acceptors (Lipinski definition) is 4. The molecule has 0 bridgehead atoms. The smallest absolute Gasteiger partial charge is 0.172 e. The molecule has 0 aromatic carbocycles. The summed E-state index contributed by atoms with van der Waals surface area (Å²) < 4.78 is 0. The van der Waals surface area contributed by atoms with Crippen LogP contribution in [-0.4, -0.2) is 9.97 Å². The average Bonchev–Trinajstić information content (AvgIpc) is 2.12. The maximum atomic E-state index is 8.21. The zero-order valence-corrected chi connectivity index (χ0v) is 7.34. The number of nitrogens with zero attached hydrogens (tertiary/aromatic N) is 3. The van der Waals surface area contributed by atoms with Crippen LogP contribution in [-0.2, 0) is 0 Å². The van der Waals surface area contributed by atoms with E-state index in [1.165, 1.54) is 6.20 Å². The molecule has 0 unspecified atom stereocenters. The van der Waals surface area contributed by atoms with Crippen molar-refractivity contribution in [2.24, 2.45) is 0 Å². The molecule has 0 aliphatic carbocycles. The van der Waals surface area contributed by atoms with E-state index in [1.54, 1.807) is 0 Å². The first-order valence-electron chi connectivity index (χ1n) is 3.38. The van der Waals surface area contributed by atoms with Gasteiger partial charge in [0, 0.05) is 0 Å². The molecule has 0 spiro atoms. The van der Waals surface area contributed by atoms with Crippen molar-refractivity contribution < 1.29 is 0 Å². The summed E-state index contributed by atoms with van der Waals surface area (Å²) in [6.45, 7) is 0. The number of halogens is 1. The van der Waals surface area contributed by atoms with E-state index in [0.717, 1.165) is 0 Å². The van der Waals surface area contributed by atoms with Crippen LogP contribution in [0.1, 0.15) is 12.1 Å². The van der Waals surface area contributed by atoms with E-state index >= 15 is 0 Å². The molecule has 1 heterocycles. The second-order valence-electron chi connectivity index (χ2n) is 2.07. The monoisotopic (exact) mass is 192 g/mol. The molecule has 64 valence electrons. The Morgan fingerprint density at radius 3 is 3.00 bits per heavy atom. The second-order valence-corrected chi connectivity index (χ2v) is 2.43. The fourth-order valence-electron chi connectivity index (χ4n) is 0.610. The zero-order chi connectivity index (χ0) is 9.68. The van der Waals surface area contributed by atoms with E-state index in [1.807, 2.05) is 6.07 Å². The van der Waals surface area contributed by atoms with Crippen LogP contribution in [0, 0.1) is 23.2 Å². The molecule has 1 aromatic rings. The van der Waals surface area contributed by atoms with Gasteiger partial charge in [0.25, 0.3) is 0 Å². The summed E-state index contributed by atoms with van der Waals surface area (Å²) in [6, 6.07) is 1.88. The minimum absolute atomic E-state index is 0.128. The molecule has 0 radical (unpaired) electrons. The molecule has 2 N–H and O–H groups in total. The topological polar surface area (TPSA) is 75.6 Å². The Morgan fingerprint density at radius 1 is 1.62 bits per heavy atom. The van der Waals surface area contributed by atoms with E-state index in [9.17, 15) is 0 Å². The quantitative estimate of drug-likeness (QED) is 0.622. The van der Waals surface area contributed by atoms with Gasteiger partial charge in [0.05, 0.1) is 18.7 Å². The first kappa shape index (κ1) is 9.31. The average molecular weight is 193 g/mol. The molecule has 0 fully saturated rings. The van der Waals surface area contributed by atoms with Crippen LogP contribution in [0.15, 0.2) is 6.20 Å². The predicted octanol–water partition coefficient (Wildman–Crippen LogP) is 0.977. The molecule has 0 saturated carbocycles. The number of hydrogen-bond donors (Lipinski definition) is 1. The van der Waals surface area contributed by atoms with Gasteiger partial charge < -0.3 is 5.73 Å². The van der Waals surface area contributed by atoms with Gasteiger partial charge in [0.1, 0.15) is 5.69 Å². The first-order valence-corrected chi connectivity index (χ1v) is 3.75. The number of nitriles is 1. The highest BCUT2D eigenvalue weighted by Crippen LogP contribution is 2.11. The lowest BCUT2D eigenvalue weighted by atomic mass is 10.4. The molecule has 0 aliphatic rings. The Bertz CT molecular complexity index is 410. The lowest BCUT2D eigenvalue weighted by Crippen LogP contribution is -1.95. The molecular weight excluding hydrogens is 188 g/mol. The highest BCUT2D eigenvalue weighted by Gasteiger charge is 1.98. The number of anilines is 1. The van der Waals surface area contributed by atoms with E-state index in [2.05, 4.69) is 21.8 Å². The van der Waals surface area contributed by atoms with Gasteiger partial charge in [-0.1, -0.05) is 17.5 Å². The summed E-state index contributed by atoms with van der Waals surface area (Å²) >= 11 is 5.60. The van der Waals surface area contributed by atoms with Gasteiger partial charge in [-0.05, 0) is 5.92 Å². The maximum Gasteiger partial charge on any atom is 0.172 e. The SMILES string of the molecule is N#CCC#Cc1cnc(N)c(Cl)n1. The van der Waals surface area contributed by atoms with E-state index in [0.29, 0.717) is 5.69 Å². The summed E-state index contributed by atoms with van der Waals surface area (Å²) in [7, 11) is 0. The Morgan fingerprint density at radius 2 is 2.38 bits per heavy atom. The lowest BCUT2D eigenvalue weighted by Gasteiger charge is -1.94. The van der Waals surface area contributed by atoms with Gasteiger partial charge in [-0.3, -0.25) is 0 Å². The Hall–Kier alpha value is -1.78. The van der Waals surface area contributed by atoms with E-state index in [-0.39, 0.29) is 17.4 Å². The number of rotatable bonds is 0. The molecule has 1 rings (SSSR count). The zero-order valence-electron chi connectivity index (χ0n) is 6.58. The summed E-state index contributed by atoms with van der Waals surface area (Å²) in [6.07, 6.45) is 1.56. The van der Waals surface area contributed by atoms with Crippen molar-refractivity contribution in [1.82, 2.24) is 9.97 Å². The van der Waals surface area contributed by atoms with Crippen LogP contribution in [0.2, 0.25) is 5.15 Å². The molecule has 0 amide bonds. The van der Waals surface area contributed by atoms with Gasteiger partial charge in [-0.25, -0.2) is 9.97 Å². The van der Waals surface area contributed by atoms with Gasteiger partial charge in [-0.15, -0.1) is 0 Å². The van der Waals surface area contributed by atoms with Crippen molar-refractivity contribution in [3.63, 3.8) is 0 Å². The molecule has 1 aromatic heterocycles. The van der Waals surface area contributed by atoms with Crippen LogP contribution in [0.3, 0.4) is 0 Å². The normalized spacial score (nSPS) is 8.31. The number of nitrogen functional groups attached to an aromatic ring is 1. The van der Waals surface area contributed by atoms with Crippen LogP contribution in [0.25, 0.3) is 0 Å². The molecular formula is C8H5ClN4. The van der Waals surface area contributed by atoms with Crippen molar-refractivity contribution in [2.75, 3.05) is 5.73 Å². The molecule has 13 heavy (non-hydrogen) atoms. The van der Waals surface area contributed by atoms with E-state index < -0.39 is 0 Å². The molecule has 4 nitrogen and oxygen atoms in total. The minimum Gasteiger partial charge on any atom is -0.381 e. The van der Waals surface area contributed by atoms with Gasteiger partial charge in [0.15, 0.2) is 11.0 Å². The van der Waals surface area contributed by atoms with Crippen molar-refractivity contribution in [3.05, 3.63) is 17.0 Å². The molecule has 5 heteroatoms. The summed E-state index contributed by atoms with van der Waals surface area (Å²) in [5.41, 5.74) is 5.75. The van der Waals surface area contributed by atoms with Crippen LogP contribution in [0.5, 0.6) is 0 Å². The molecule has 0 atom stereocenters. The fourth-order valence-corrected chi connectivity index (χ4v) is 0.750. The van der Waals surface area contributed by atoms with Crippen LogP contribution in [0.4, 0.5) is 5.82 Å². The second kappa shape index (κ2) is 4.30. The Kier molecular flexibility index (Phi) is 3.08. The van der Waals surface area contributed by atoms with Crippen LogP contribution >= 0.6 is 11.6 Å². The third kappa shape index (κ3) is 2.62. The maximum absolute atomic E-state index is 8.21. The molecule has 0 aliphatic heterocycles. The minimum atomic E-state index is 0.128. The highest BCUT2D eigenvalue weighted by molar-refractivity contribution is 6.31. The van der Waals surface area contributed by atoms with Crippen LogP contribution < -0.4 is 5.73 Å². The first-order chi connectivity index (χ1) is 6.24. The largest absolute Gasteiger partial charge is 0.381 e. The van der Waals surface area contributed by atoms with Gasteiger partial charge in [-0.2, -0.15) is 5.26 Å². The fraction of sp³-hybridized carbons (Fsp3) is 0.125. The van der Waals surface area contributed by atoms with Gasteiger partial charge in [0.2, 0.25) is 0 Å². The molecule has 0 saturated heterocycles. The number of nitrogens with two attached hydrogens (primary N) is 1. The summed E-state index contributed by atoms with van der Waals surface area (Å²) in [4.78, 5) is 7.59. The third-order valence-corrected chi connectivity index (χ3v) is 1.42. The van der Waals surface area contributed by atoms with Crippen molar-refractivity contribution in [2.45, 2.75) is 6.42 Å². The highest BCUT2D eigenvalue weighted by atomic mass is 35.5. The van der Waals surface area contributed by atoms with Crippen molar-refractivity contribution in [1.29, 1.82) is 5.26 Å². The lowest BCUT2D eigenvalue weighted by molar-refractivity contribution is 1.18. The van der Waals surface area contributed by atoms with Crippen molar-refractivity contribution in [3.8, 4) is 17.9 Å². The predicted molar refractivity (Wildman–Crippen MR) is 48.6 cm³/mol.